The number of aliphatic hydroxyl groups is 1. The number of nitro groups is 1. The maximum Gasteiger partial charge on any atom is 0.280 e. The van der Waals surface area contributed by atoms with Crippen LogP contribution < -0.4 is 20.7 Å². The fourth-order valence-corrected chi connectivity index (χ4v) is 6.25. The maximum atomic E-state index is 14.3. The van der Waals surface area contributed by atoms with Crippen molar-refractivity contribution in [1.82, 2.24) is 10.6 Å². The lowest BCUT2D eigenvalue weighted by Crippen LogP contribution is -2.63. The Labute approximate surface area is 259 Å². The number of hydrogen-bond acceptors (Lipinski definition) is 7. The zero-order valence-corrected chi connectivity index (χ0v) is 24.6. The van der Waals surface area contributed by atoms with Crippen LogP contribution in [0.4, 0.5) is 11.4 Å². The fourth-order valence-electron chi connectivity index (χ4n) is 5.65. The molecule has 0 bridgehead atoms. The van der Waals surface area contributed by atoms with E-state index in [2.05, 4.69) is 31.9 Å². The van der Waals surface area contributed by atoms with Crippen molar-refractivity contribution >= 4 is 56.3 Å². The molecule has 6 rings (SSSR count). The van der Waals surface area contributed by atoms with Gasteiger partial charge in [0.25, 0.3) is 11.5 Å². The Bertz CT molecular complexity index is 1790. The zero-order chi connectivity index (χ0) is 30.4. The monoisotopic (exact) mass is 658 g/mol. The summed E-state index contributed by atoms with van der Waals surface area (Å²) >= 11 is 8.88. The van der Waals surface area contributed by atoms with Gasteiger partial charge in [0.2, 0.25) is 17.2 Å². The standard InChI is InChI=1S/C31H23BrN4O6S/c32-19-14-15-22-25(17-19)42-31(39)26-21(12-7-13-24(26)36(40)41)27(37)30(22,31)35-28(38)23(16-18-8-3-1-4-9-18)34-29(43)33-20-10-5-2-6-11-20/h1-15,17,23,39H,16H2,(H,35,38)(H2,33,34,43)/t23-,30-,31-/m0/s1. The molecule has 0 aromatic heterocycles. The van der Waals surface area contributed by atoms with E-state index in [1.165, 1.54) is 30.3 Å². The van der Waals surface area contributed by atoms with Crippen LogP contribution in [0.3, 0.4) is 0 Å². The van der Waals surface area contributed by atoms with Crippen molar-refractivity contribution in [2.24, 2.45) is 0 Å². The number of hydrogen-bond donors (Lipinski definition) is 4. The van der Waals surface area contributed by atoms with Crippen molar-refractivity contribution in [1.29, 1.82) is 0 Å². The third kappa shape index (κ3) is 4.73. The van der Waals surface area contributed by atoms with E-state index in [0.29, 0.717) is 10.2 Å². The molecular weight excluding hydrogens is 636 g/mol. The van der Waals surface area contributed by atoms with Gasteiger partial charge in [-0.05, 0) is 42.0 Å². The molecule has 2 aliphatic rings. The number of anilines is 1. The highest BCUT2D eigenvalue weighted by Gasteiger charge is 2.73. The van der Waals surface area contributed by atoms with Gasteiger partial charge in [0.15, 0.2) is 5.11 Å². The summed E-state index contributed by atoms with van der Waals surface area (Å²) in [7, 11) is 0. The van der Waals surface area contributed by atoms with E-state index in [0.717, 1.165) is 5.56 Å². The zero-order valence-electron chi connectivity index (χ0n) is 22.2. The average Bonchev–Trinajstić information content (AvgIpc) is 3.34. The number of benzene rings is 4. The molecule has 0 saturated heterocycles. The third-order valence-corrected chi connectivity index (χ3v) is 8.24. The maximum absolute atomic E-state index is 14.3. The third-order valence-electron chi connectivity index (χ3n) is 7.52. The van der Waals surface area contributed by atoms with Gasteiger partial charge < -0.3 is 25.8 Å². The Morgan fingerprint density at radius 2 is 1.72 bits per heavy atom. The highest BCUT2D eigenvalue weighted by molar-refractivity contribution is 9.10. The van der Waals surface area contributed by atoms with Crippen LogP contribution in [0.15, 0.2) is 102 Å². The molecule has 4 N–H and O–H groups in total. The molecule has 216 valence electrons. The number of nitrogens with one attached hydrogen (secondary N) is 3. The first-order valence-corrected chi connectivity index (χ1v) is 14.4. The predicted molar refractivity (Wildman–Crippen MR) is 166 cm³/mol. The van der Waals surface area contributed by atoms with Crippen molar-refractivity contribution in [2.45, 2.75) is 23.8 Å². The quantitative estimate of drug-likeness (QED) is 0.126. The van der Waals surface area contributed by atoms with Gasteiger partial charge in [-0.1, -0.05) is 82.7 Å². The Morgan fingerprint density at radius 3 is 2.42 bits per heavy atom. The van der Waals surface area contributed by atoms with Gasteiger partial charge in [0.05, 0.1) is 4.92 Å². The lowest BCUT2D eigenvalue weighted by Gasteiger charge is -2.35. The number of para-hydroxylation sites is 1. The molecule has 1 aliphatic heterocycles. The number of ketones is 1. The van der Waals surface area contributed by atoms with Crippen molar-refractivity contribution in [3.8, 4) is 5.75 Å². The van der Waals surface area contributed by atoms with Crippen LogP contribution >= 0.6 is 28.1 Å². The van der Waals surface area contributed by atoms with Gasteiger partial charge in [0.1, 0.15) is 17.4 Å². The molecular formula is C31H23BrN4O6S. The first kappa shape index (κ1) is 28.5. The molecule has 1 heterocycles. The number of fused-ring (bicyclic) bond motifs is 5. The van der Waals surface area contributed by atoms with Gasteiger partial charge in [0, 0.05) is 33.8 Å². The Balaban J connectivity index is 1.42. The molecule has 0 fully saturated rings. The summed E-state index contributed by atoms with van der Waals surface area (Å²) in [6, 6.07) is 25.9. The normalized spacial score (nSPS) is 20.2. The van der Waals surface area contributed by atoms with Crippen LogP contribution in [0.25, 0.3) is 0 Å². The minimum atomic E-state index is -2.61. The number of rotatable bonds is 7. The molecule has 0 saturated carbocycles. The minimum Gasteiger partial charge on any atom is -0.454 e. The van der Waals surface area contributed by atoms with Gasteiger partial charge >= 0.3 is 0 Å². The summed E-state index contributed by atoms with van der Waals surface area (Å²) in [4.78, 5) is 39.8. The molecule has 0 radical (unpaired) electrons. The van der Waals surface area contributed by atoms with Crippen LogP contribution in [0, 0.1) is 10.1 Å². The van der Waals surface area contributed by atoms with Crippen LogP contribution in [-0.4, -0.2) is 32.9 Å². The van der Waals surface area contributed by atoms with E-state index in [1.54, 1.807) is 6.07 Å². The number of halogens is 1. The number of nitro benzene ring substituents is 1. The first-order chi connectivity index (χ1) is 20.6. The summed E-state index contributed by atoms with van der Waals surface area (Å²) in [6.45, 7) is 0. The topological polar surface area (TPSA) is 143 Å². The van der Waals surface area contributed by atoms with Gasteiger partial charge in [-0.25, -0.2) is 0 Å². The Hall–Kier alpha value is -4.65. The molecule has 0 spiro atoms. The number of Topliss-reactive ketones (excluding diaryl/α,β-unsaturated/α-hetero) is 1. The molecule has 4 aromatic carbocycles. The summed E-state index contributed by atoms with van der Waals surface area (Å²) in [5, 5.41) is 33.2. The van der Waals surface area contributed by atoms with Crippen LogP contribution in [0.1, 0.15) is 27.0 Å². The Morgan fingerprint density at radius 1 is 1.02 bits per heavy atom. The van der Waals surface area contributed by atoms with Crippen LogP contribution in [0.2, 0.25) is 0 Å². The number of nitrogens with zero attached hydrogens (tertiary/aromatic N) is 1. The van der Waals surface area contributed by atoms with E-state index in [9.17, 15) is 24.8 Å². The molecule has 3 atom stereocenters. The van der Waals surface area contributed by atoms with E-state index in [4.69, 9.17) is 17.0 Å². The molecule has 43 heavy (non-hydrogen) atoms. The predicted octanol–water partition coefficient (Wildman–Crippen LogP) is 4.70. The summed E-state index contributed by atoms with van der Waals surface area (Å²) in [6.07, 6.45) is 0.160. The summed E-state index contributed by atoms with van der Waals surface area (Å²) in [5.74, 6) is -3.96. The molecule has 4 aromatic rings. The summed E-state index contributed by atoms with van der Waals surface area (Å²) in [5.41, 5.74) is -1.53. The first-order valence-electron chi connectivity index (χ1n) is 13.2. The summed E-state index contributed by atoms with van der Waals surface area (Å²) < 4.78 is 6.55. The van der Waals surface area contributed by atoms with E-state index >= 15 is 0 Å². The highest BCUT2D eigenvalue weighted by atomic mass is 79.9. The number of ether oxygens (including phenoxy) is 1. The number of amides is 1. The lowest BCUT2D eigenvalue weighted by molar-refractivity contribution is -0.388. The van der Waals surface area contributed by atoms with E-state index in [-0.39, 0.29) is 34.0 Å². The Kier molecular flexibility index (Phi) is 7.20. The van der Waals surface area contributed by atoms with Crippen molar-refractivity contribution in [3.05, 3.63) is 134 Å². The van der Waals surface area contributed by atoms with Crippen molar-refractivity contribution in [3.63, 3.8) is 0 Å². The lowest BCUT2D eigenvalue weighted by atomic mass is 9.82. The highest BCUT2D eigenvalue weighted by Crippen LogP contribution is 2.60. The van der Waals surface area contributed by atoms with Gasteiger partial charge in [-0.15, -0.1) is 0 Å². The number of carbonyl (C=O) groups is 2. The molecule has 12 heteroatoms. The second kappa shape index (κ2) is 10.9. The number of carbonyl (C=O) groups excluding carboxylic acids is 2. The van der Waals surface area contributed by atoms with E-state index in [1.807, 2.05) is 60.7 Å². The molecule has 1 amide bonds. The van der Waals surface area contributed by atoms with Gasteiger partial charge in [-0.2, -0.15) is 0 Å². The molecule has 1 aliphatic carbocycles. The van der Waals surface area contributed by atoms with Crippen LogP contribution in [-0.2, 0) is 22.5 Å². The SMILES string of the molecule is O=C(N[C@@]12C(=O)c3cccc([N+](=O)[O-])c3[C@]1(O)Oc1cc(Br)ccc12)[C@H](Cc1ccccc1)NC(=S)Nc1ccccc1. The van der Waals surface area contributed by atoms with Crippen LogP contribution in [0.5, 0.6) is 5.75 Å². The number of thiocarbonyl (C=S) groups is 1. The molecule has 0 unspecified atom stereocenters. The smallest absolute Gasteiger partial charge is 0.280 e. The van der Waals surface area contributed by atoms with Gasteiger partial charge in [-0.3, -0.25) is 19.7 Å². The second-order valence-corrected chi connectivity index (χ2v) is 11.4. The largest absolute Gasteiger partial charge is 0.454 e. The average molecular weight is 660 g/mol. The second-order valence-electron chi connectivity index (χ2n) is 10.1. The van der Waals surface area contributed by atoms with Crippen molar-refractivity contribution < 1.29 is 24.4 Å². The van der Waals surface area contributed by atoms with E-state index < -0.39 is 39.7 Å². The molecule has 10 nitrogen and oxygen atoms in total. The fraction of sp³-hybridized carbons (Fsp3) is 0.129. The van der Waals surface area contributed by atoms with Crippen molar-refractivity contribution in [2.75, 3.05) is 5.32 Å². The minimum absolute atomic E-state index is 0.0863.